The monoisotopic (exact) mass is 214 g/mol. The average Bonchev–Trinajstić information content (AvgIpc) is 2.27. The number of hydrogen-bond donors (Lipinski definition) is 1. The Bertz CT molecular complexity index is 209. The van der Waals surface area contributed by atoms with Crippen LogP contribution in [-0.4, -0.2) is 43.7 Å². The molecule has 1 fully saturated rings. The lowest BCUT2D eigenvalue weighted by molar-refractivity contribution is -0.141. The molecule has 0 bridgehead atoms. The van der Waals surface area contributed by atoms with Gasteiger partial charge in [0, 0.05) is 19.1 Å². The standard InChI is InChI=1S/C11H22N2O2/c1-3-9-8-13(6-4-10(9)12)7-5-11(14)15-2/h9-10H,3-8,12H2,1-2H3. The molecule has 1 aliphatic heterocycles. The van der Waals surface area contributed by atoms with E-state index in [0.717, 1.165) is 32.5 Å². The van der Waals surface area contributed by atoms with E-state index in [4.69, 9.17) is 5.73 Å². The molecular formula is C11H22N2O2. The van der Waals surface area contributed by atoms with Crippen LogP contribution in [0.1, 0.15) is 26.2 Å². The largest absolute Gasteiger partial charge is 0.469 e. The Morgan fingerprint density at radius 3 is 2.93 bits per heavy atom. The van der Waals surface area contributed by atoms with E-state index in [1.54, 1.807) is 0 Å². The van der Waals surface area contributed by atoms with Crippen LogP contribution < -0.4 is 5.73 Å². The highest BCUT2D eigenvalue weighted by atomic mass is 16.5. The molecule has 1 aliphatic rings. The summed E-state index contributed by atoms with van der Waals surface area (Å²) in [5.41, 5.74) is 6.02. The van der Waals surface area contributed by atoms with E-state index in [1.807, 2.05) is 0 Å². The number of esters is 1. The molecule has 0 aromatic heterocycles. The molecule has 0 aromatic carbocycles. The lowest BCUT2D eigenvalue weighted by Gasteiger charge is -2.36. The molecule has 0 saturated carbocycles. The number of hydrogen-bond acceptors (Lipinski definition) is 4. The number of nitrogens with two attached hydrogens (primary N) is 1. The zero-order valence-corrected chi connectivity index (χ0v) is 9.74. The third-order valence-corrected chi connectivity index (χ3v) is 3.26. The third-order valence-electron chi connectivity index (χ3n) is 3.26. The van der Waals surface area contributed by atoms with Crippen molar-refractivity contribution < 1.29 is 9.53 Å². The van der Waals surface area contributed by atoms with Gasteiger partial charge in [0.25, 0.3) is 0 Å². The number of likely N-dealkylation sites (tertiary alicyclic amines) is 1. The van der Waals surface area contributed by atoms with E-state index in [1.165, 1.54) is 7.11 Å². The Kier molecular flexibility index (Phi) is 5.05. The van der Waals surface area contributed by atoms with Crippen molar-refractivity contribution in [3.8, 4) is 0 Å². The van der Waals surface area contributed by atoms with Crippen LogP contribution in [0.3, 0.4) is 0 Å². The molecule has 2 atom stereocenters. The van der Waals surface area contributed by atoms with Gasteiger partial charge in [0.1, 0.15) is 0 Å². The Morgan fingerprint density at radius 2 is 2.33 bits per heavy atom. The molecule has 0 aromatic rings. The smallest absolute Gasteiger partial charge is 0.306 e. The van der Waals surface area contributed by atoms with Gasteiger partial charge in [-0.3, -0.25) is 4.79 Å². The summed E-state index contributed by atoms with van der Waals surface area (Å²) in [6.45, 7) is 5.01. The summed E-state index contributed by atoms with van der Waals surface area (Å²) in [5.74, 6) is 0.453. The highest BCUT2D eigenvalue weighted by Crippen LogP contribution is 2.18. The van der Waals surface area contributed by atoms with Gasteiger partial charge in [0.2, 0.25) is 0 Å². The van der Waals surface area contributed by atoms with Gasteiger partial charge in [-0.25, -0.2) is 0 Å². The molecule has 4 nitrogen and oxygen atoms in total. The summed E-state index contributed by atoms with van der Waals surface area (Å²) < 4.78 is 4.63. The van der Waals surface area contributed by atoms with Crippen molar-refractivity contribution in [2.45, 2.75) is 32.2 Å². The third kappa shape index (κ3) is 3.80. The predicted octanol–water partition coefficient (Wildman–Crippen LogP) is 0.609. The van der Waals surface area contributed by atoms with Crippen molar-refractivity contribution in [2.75, 3.05) is 26.7 Å². The van der Waals surface area contributed by atoms with E-state index in [9.17, 15) is 4.79 Å². The zero-order chi connectivity index (χ0) is 11.3. The summed E-state index contributed by atoms with van der Waals surface area (Å²) in [7, 11) is 1.43. The van der Waals surface area contributed by atoms with Gasteiger partial charge >= 0.3 is 5.97 Å². The SMILES string of the molecule is CCC1CN(CCC(=O)OC)CCC1N. The van der Waals surface area contributed by atoms with Gasteiger partial charge in [0.05, 0.1) is 13.5 Å². The first-order chi connectivity index (χ1) is 7.17. The van der Waals surface area contributed by atoms with Gasteiger partial charge in [-0.2, -0.15) is 0 Å². The first-order valence-electron chi connectivity index (χ1n) is 5.72. The van der Waals surface area contributed by atoms with Crippen molar-refractivity contribution in [3.05, 3.63) is 0 Å². The average molecular weight is 214 g/mol. The Morgan fingerprint density at radius 1 is 1.60 bits per heavy atom. The summed E-state index contributed by atoms with van der Waals surface area (Å²) in [6.07, 6.45) is 2.65. The summed E-state index contributed by atoms with van der Waals surface area (Å²) in [5, 5.41) is 0. The second-order valence-electron chi connectivity index (χ2n) is 4.25. The number of carbonyl (C=O) groups excluding carboxylic acids is 1. The van der Waals surface area contributed by atoms with E-state index >= 15 is 0 Å². The molecule has 1 saturated heterocycles. The highest BCUT2D eigenvalue weighted by Gasteiger charge is 2.25. The second kappa shape index (κ2) is 6.08. The van der Waals surface area contributed by atoms with Crippen molar-refractivity contribution in [1.82, 2.24) is 4.90 Å². The Balaban J connectivity index is 2.29. The minimum absolute atomic E-state index is 0.127. The maximum Gasteiger partial charge on any atom is 0.306 e. The van der Waals surface area contributed by atoms with Crippen molar-refractivity contribution >= 4 is 5.97 Å². The Hall–Kier alpha value is -0.610. The molecule has 2 unspecified atom stereocenters. The molecule has 0 amide bonds. The molecular weight excluding hydrogens is 192 g/mol. The predicted molar refractivity (Wildman–Crippen MR) is 59.4 cm³/mol. The maximum atomic E-state index is 11.0. The number of piperidine rings is 1. The van der Waals surface area contributed by atoms with Crippen LogP contribution in [0.25, 0.3) is 0 Å². The van der Waals surface area contributed by atoms with Crippen LogP contribution in [0, 0.1) is 5.92 Å². The first kappa shape index (κ1) is 12.5. The molecule has 2 N–H and O–H groups in total. The second-order valence-corrected chi connectivity index (χ2v) is 4.25. The topological polar surface area (TPSA) is 55.6 Å². The molecule has 0 radical (unpaired) electrons. The quantitative estimate of drug-likeness (QED) is 0.697. The molecule has 0 aliphatic carbocycles. The van der Waals surface area contributed by atoms with Gasteiger partial charge in [-0.1, -0.05) is 13.3 Å². The number of rotatable bonds is 4. The van der Waals surface area contributed by atoms with Gasteiger partial charge in [-0.15, -0.1) is 0 Å². The van der Waals surface area contributed by atoms with Gasteiger partial charge < -0.3 is 15.4 Å². The molecule has 1 rings (SSSR count). The van der Waals surface area contributed by atoms with E-state index in [2.05, 4.69) is 16.6 Å². The van der Waals surface area contributed by atoms with E-state index in [0.29, 0.717) is 18.4 Å². The van der Waals surface area contributed by atoms with Crippen molar-refractivity contribution in [3.63, 3.8) is 0 Å². The summed E-state index contributed by atoms with van der Waals surface area (Å²) in [4.78, 5) is 13.3. The molecule has 88 valence electrons. The van der Waals surface area contributed by atoms with Crippen LogP contribution in [-0.2, 0) is 9.53 Å². The number of carbonyl (C=O) groups is 1. The fraction of sp³-hybridized carbons (Fsp3) is 0.909. The molecule has 0 spiro atoms. The normalized spacial score (nSPS) is 27.7. The van der Waals surface area contributed by atoms with E-state index in [-0.39, 0.29) is 5.97 Å². The fourth-order valence-electron chi connectivity index (χ4n) is 2.11. The van der Waals surface area contributed by atoms with Crippen molar-refractivity contribution in [2.24, 2.45) is 11.7 Å². The Labute approximate surface area is 91.8 Å². The summed E-state index contributed by atoms with van der Waals surface area (Å²) in [6, 6.07) is 0.337. The molecule has 4 heteroatoms. The van der Waals surface area contributed by atoms with Crippen LogP contribution in [0.5, 0.6) is 0 Å². The minimum atomic E-state index is -0.127. The van der Waals surface area contributed by atoms with Crippen LogP contribution >= 0.6 is 0 Å². The minimum Gasteiger partial charge on any atom is -0.469 e. The highest BCUT2D eigenvalue weighted by molar-refractivity contribution is 5.69. The number of ether oxygens (including phenoxy) is 1. The van der Waals surface area contributed by atoms with Gasteiger partial charge in [-0.05, 0) is 18.9 Å². The fourth-order valence-corrected chi connectivity index (χ4v) is 2.11. The van der Waals surface area contributed by atoms with E-state index < -0.39 is 0 Å². The summed E-state index contributed by atoms with van der Waals surface area (Å²) >= 11 is 0. The van der Waals surface area contributed by atoms with Crippen molar-refractivity contribution in [1.29, 1.82) is 0 Å². The molecule has 1 heterocycles. The lowest BCUT2D eigenvalue weighted by Crippen LogP contribution is -2.47. The number of methoxy groups -OCH3 is 1. The zero-order valence-electron chi connectivity index (χ0n) is 9.74. The van der Waals surface area contributed by atoms with Crippen LogP contribution in [0.4, 0.5) is 0 Å². The molecule has 15 heavy (non-hydrogen) atoms. The number of nitrogens with zero attached hydrogens (tertiary/aromatic N) is 1. The maximum absolute atomic E-state index is 11.0. The lowest BCUT2D eigenvalue weighted by atomic mass is 9.91. The van der Waals surface area contributed by atoms with Crippen LogP contribution in [0.15, 0.2) is 0 Å². The first-order valence-corrected chi connectivity index (χ1v) is 5.72. The van der Waals surface area contributed by atoms with Gasteiger partial charge in [0.15, 0.2) is 0 Å². The van der Waals surface area contributed by atoms with Crippen LogP contribution in [0.2, 0.25) is 0 Å².